The van der Waals surface area contributed by atoms with Crippen LogP contribution in [-0.2, 0) is 16.0 Å². The van der Waals surface area contributed by atoms with Crippen molar-refractivity contribution in [3.63, 3.8) is 0 Å². The van der Waals surface area contributed by atoms with Gasteiger partial charge in [0.15, 0.2) is 0 Å². The highest BCUT2D eigenvalue weighted by Gasteiger charge is 1.95. The summed E-state index contributed by atoms with van der Waals surface area (Å²) in [6, 6.07) is 0. The molecule has 0 fully saturated rings. The lowest BCUT2D eigenvalue weighted by atomic mass is 10.6. The Morgan fingerprint density at radius 3 is 2.80 bits per heavy atom. The second-order valence-corrected chi connectivity index (χ2v) is 2.91. The summed E-state index contributed by atoms with van der Waals surface area (Å²) in [5.74, 6) is -0.235. The van der Waals surface area contributed by atoms with Crippen LogP contribution in [0.5, 0.6) is 0 Å². The summed E-state index contributed by atoms with van der Waals surface area (Å²) in [7, 11) is 0. The quantitative estimate of drug-likeness (QED) is 0.354. The lowest BCUT2D eigenvalue weighted by Gasteiger charge is -1.99. The number of carbonyl (C=O) groups excluding carboxylic acids is 1. The van der Waals surface area contributed by atoms with Gasteiger partial charge in [0.25, 0.3) is 0 Å². The Bertz CT molecular complexity index is 156. The van der Waals surface area contributed by atoms with Crippen LogP contribution in [0.15, 0.2) is 24.1 Å². The van der Waals surface area contributed by atoms with Crippen molar-refractivity contribution in [2.45, 2.75) is 0 Å². The Hall–Kier alpha value is -0.740. The second kappa shape index (κ2) is 5.08. The van der Waals surface area contributed by atoms with E-state index in [-0.39, 0.29) is 0 Å². The predicted octanol–water partition coefficient (Wildman–Crippen LogP) is -0.0799. The van der Waals surface area contributed by atoms with Gasteiger partial charge in [0.05, 0.1) is 6.08 Å². The number of amides is 1. The largest absolute Gasteiger partial charge is 0.612 e. The topological polar surface area (TPSA) is 66.2 Å². The number of rotatable bonds is 4. The molecule has 56 valence electrons. The van der Waals surface area contributed by atoms with Crippen molar-refractivity contribution >= 4 is 17.1 Å². The van der Waals surface area contributed by atoms with Gasteiger partial charge in [-0.2, -0.15) is 0 Å². The summed E-state index contributed by atoms with van der Waals surface area (Å²) in [5.41, 5.74) is 4.75. The van der Waals surface area contributed by atoms with Crippen molar-refractivity contribution in [1.82, 2.24) is 0 Å². The van der Waals surface area contributed by atoms with Gasteiger partial charge in [-0.3, -0.25) is 4.79 Å². The Balaban J connectivity index is 3.65. The molecule has 1 amide bonds. The lowest BCUT2D eigenvalue weighted by molar-refractivity contribution is -0.113. The molecular formula is C6H9NO2S. The first-order valence-corrected chi connectivity index (χ1v) is 4.00. The first kappa shape index (κ1) is 9.26. The average Bonchev–Trinajstić information content (AvgIpc) is 1.85. The molecule has 0 aliphatic carbocycles. The van der Waals surface area contributed by atoms with Gasteiger partial charge in [-0.25, -0.2) is 0 Å². The number of primary amides is 1. The van der Waals surface area contributed by atoms with Gasteiger partial charge >= 0.3 is 0 Å². The summed E-state index contributed by atoms with van der Waals surface area (Å²) in [6.07, 6.45) is 2.60. The molecule has 2 N–H and O–H groups in total. The molecule has 0 radical (unpaired) electrons. The van der Waals surface area contributed by atoms with Crippen LogP contribution in [0.25, 0.3) is 0 Å². The minimum Gasteiger partial charge on any atom is -0.612 e. The molecule has 3 nitrogen and oxygen atoms in total. The standard InChI is InChI=1S/C6H9NO2S/c1-2-4-10(9)5-3-6(7)8/h2-3,5H,1,4H2,(H2,7,8). The first-order chi connectivity index (χ1) is 4.66. The second-order valence-electron chi connectivity index (χ2n) is 1.54. The van der Waals surface area contributed by atoms with Crippen LogP contribution >= 0.6 is 0 Å². The smallest absolute Gasteiger partial charge is 0.245 e. The molecule has 0 rings (SSSR count). The summed E-state index contributed by atoms with van der Waals surface area (Å²) in [4.78, 5) is 10.1. The maximum absolute atomic E-state index is 10.7. The molecule has 1 atom stereocenters. The van der Waals surface area contributed by atoms with E-state index in [1.165, 1.54) is 11.5 Å². The molecule has 0 spiro atoms. The number of hydrogen-bond acceptors (Lipinski definition) is 2. The van der Waals surface area contributed by atoms with E-state index in [0.29, 0.717) is 5.75 Å². The Labute approximate surface area is 62.8 Å². The normalized spacial score (nSPS) is 13.3. The molecule has 0 heterocycles. The number of nitrogens with two attached hydrogens (primary N) is 1. The molecule has 4 heteroatoms. The van der Waals surface area contributed by atoms with Gasteiger partial charge in [-0.15, -0.1) is 0 Å². The van der Waals surface area contributed by atoms with E-state index >= 15 is 0 Å². The van der Waals surface area contributed by atoms with Crippen LogP contribution in [-0.4, -0.2) is 16.2 Å². The minimum atomic E-state index is -1.14. The van der Waals surface area contributed by atoms with Crippen molar-refractivity contribution in [2.75, 3.05) is 5.75 Å². The van der Waals surface area contributed by atoms with Gasteiger partial charge in [-0.1, -0.05) is 6.58 Å². The van der Waals surface area contributed by atoms with Crippen LogP contribution in [0.4, 0.5) is 0 Å². The number of hydrogen-bond donors (Lipinski definition) is 1. The van der Waals surface area contributed by atoms with E-state index in [1.54, 1.807) is 0 Å². The van der Waals surface area contributed by atoms with E-state index in [4.69, 9.17) is 5.73 Å². The zero-order valence-electron chi connectivity index (χ0n) is 5.45. The van der Waals surface area contributed by atoms with E-state index in [1.807, 2.05) is 0 Å². The highest BCUT2D eigenvalue weighted by atomic mass is 32.2. The molecule has 0 saturated heterocycles. The Kier molecular flexibility index (Phi) is 4.70. The maximum Gasteiger partial charge on any atom is 0.245 e. The maximum atomic E-state index is 10.7. The monoisotopic (exact) mass is 159 g/mol. The molecule has 10 heavy (non-hydrogen) atoms. The van der Waals surface area contributed by atoms with Crippen LogP contribution in [0, 0.1) is 0 Å². The van der Waals surface area contributed by atoms with E-state index in [9.17, 15) is 9.35 Å². The van der Waals surface area contributed by atoms with Crippen molar-refractivity contribution in [1.29, 1.82) is 0 Å². The fourth-order valence-corrected chi connectivity index (χ4v) is 0.944. The van der Waals surface area contributed by atoms with Crippen LogP contribution < -0.4 is 5.73 Å². The highest BCUT2D eigenvalue weighted by Crippen LogP contribution is 1.91. The molecular weight excluding hydrogens is 150 g/mol. The van der Waals surface area contributed by atoms with Crippen molar-refractivity contribution in [3.8, 4) is 0 Å². The van der Waals surface area contributed by atoms with Gasteiger partial charge in [0.1, 0.15) is 11.2 Å². The van der Waals surface area contributed by atoms with E-state index in [2.05, 4.69) is 6.58 Å². The Morgan fingerprint density at radius 1 is 1.80 bits per heavy atom. The van der Waals surface area contributed by atoms with Crippen LogP contribution in [0.2, 0.25) is 0 Å². The molecule has 0 aromatic carbocycles. The fourth-order valence-electron chi connectivity index (χ4n) is 0.315. The molecule has 0 aromatic rings. The van der Waals surface area contributed by atoms with Crippen LogP contribution in [0.1, 0.15) is 0 Å². The molecule has 1 unspecified atom stereocenters. The van der Waals surface area contributed by atoms with Gasteiger partial charge in [-0.05, 0) is 17.3 Å². The van der Waals surface area contributed by atoms with Gasteiger partial charge < -0.3 is 10.3 Å². The van der Waals surface area contributed by atoms with Crippen LogP contribution in [0.3, 0.4) is 0 Å². The minimum absolute atomic E-state index is 0.351. The number of carbonyl (C=O) groups is 1. The molecule has 0 bridgehead atoms. The SMILES string of the molecule is C=CC[S+]([O-])C=CC(N)=O. The molecule has 0 aliphatic heterocycles. The van der Waals surface area contributed by atoms with Gasteiger partial charge in [0, 0.05) is 0 Å². The Morgan fingerprint density at radius 2 is 2.40 bits per heavy atom. The van der Waals surface area contributed by atoms with Crippen molar-refractivity contribution in [2.24, 2.45) is 5.73 Å². The summed E-state index contributed by atoms with van der Waals surface area (Å²) in [5, 5.41) is 1.25. The summed E-state index contributed by atoms with van der Waals surface area (Å²) in [6.45, 7) is 3.38. The summed E-state index contributed by atoms with van der Waals surface area (Å²) < 4.78 is 10.7. The van der Waals surface area contributed by atoms with Crippen molar-refractivity contribution < 1.29 is 9.35 Å². The highest BCUT2D eigenvalue weighted by molar-refractivity contribution is 7.94. The third kappa shape index (κ3) is 5.40. The summed E-state index contributed by atoms with van der Waals surface area (Å²) >= 11 is -1.14. The van der Waals surface area contributed by atoms with E-state index < -0.39 is 17.1 Å². The zero-order valence-corrected chi connectivity index (χ0v) is 6.26. The molecule has 0 aliphatic rings. The predicted molar refractivity (Wildman–Crippen MR) is 41.5 cm³/mol. The lowest BCUT2D eigenvalue weighted by Crippen LogP contribution is -2.07. The zero-order chi connectivity index (χ0) is 7.98. The van der Waals surface area contributed by atoms with E-state index in [0.717, 1.165) is 6.08 Å². The molecule has 0 aromatic heterocycles. The first-order valence-electron chi connectivity index (χ1n) is 2.62. The van der Waals surface area contributed by atoms with Crippen molar-refractivity contribution in [3.05, 3.63) is 24.1 Å². The van der Waals surface area contributed by atoms with Gasteiger partial charge in [0.2, 0.25) is 5.91 Å². The fraction of sp³-hybridized carbons (Fsp3) is 0.167. The third-order valence-corrected chi connectivity index (χ3v) is 1.67. The average molecular weight is 159 g/mol. The third-order valence-electron chi connectivity index (χ3n) is 0.666. The molecule has 0 saturated carbocycles.